The summed E-state index contributed by atoms with van der Waals surface area (Å²) >= 11 is 5.37. The van der Waals surface area contributed by atoms with Crippen molar-refractivity contribution in [2.45, 2.75) is 31.4 Å². The van der Waals surface area contributed by atoms with Crippen LogP contribution < -0.4 is 15.4 Å². The minimum atomic E-state index is -0.860. The van der Waals surface area contributed by atoms with E-state index < -0.39 is 17.9 Å². The van der Waals surface area contributed by atoms with Crippen LogP contribution >= 0.6 is 12.2 Å². The highest BCUT2D eigenvalue weighted by Gasteiger charge is 2.34. The van der Waals surface area contributed by atoms with Crippen molar-refractivity contribution in [3.05, 3.63) is 29.8 Å². The van der Waals surface area contributed by atoms with Gasteiger partial charge in [0, 0.05) is 19.7 Å². The molecule has 0 radical (unpaired) electrons. The molecular weight excluding hydrogens is 410 g/mol. The van der Waals surface area contributed by atoms with Crippen molar-refractivity contribution >= 4 is 35.1 Å². The lowest BCUT2D eigenvalue weighted by Gasteiger charge is -2.36. The van der Waals surface area contributed by atoms with Gasteiger partial charge in [0.15, 0.2) is 5.11 Å². The van der Waals surface area contributed by atoms with Crippen molar-refractivity contribution in [3.63, 3.8) is 0 Å². The Bertz CT molecular complexity index is 811. The molecule has 2 heterocycles. The van der Waals surface area contributed by atoms with E-state index in [1.165, 1.54) is 12.0 Å². The largest absolute Gasteiger partial charge is 0.496 e. The standard InChI is InChI=1S/C20H25N3O6S/c1-27-16-7-3-2-6-14(16)18(25)22-20(30)23-9-8-21-19(26)15(23)11-17(24)29-12-13-5-4-10-28-13/h2-3,6-7,13,15H,4-5,8-12H2,1H3,(H,21,26)(H,22,25,30)/t13-,15-/m1/s1. The molecule has 2 aliphatic rings. The van der Waals surface area contributed by atoms with Gasteiger partial charge in [0.1, 0.15) is 18.4 Å². The van der Waals surface area contributed by atoms with E-state index in [-0.39, 0.29) is 30.2 Å². The number of carbonyl (C=O) groups excluding carboxylic acids is 3. The quantitative estimate of drug-likeness (QED) is 0.495. The van der Waals surface area contributed by atoms with Gasteiger partial charge in [0.2, 0.25) is 5.91 Å². The zero-order chi connectivity index (χ0) is 21.5. The first-order chi connectivity index (χ1) is 14.5. The topological polar surface area (TPSA) is 106 Å². The van der Waals surface area contributed by atoms with Crippen molar-refractivity contribution in [1.29, 1.82) is 0 Å². The molecule has 0 spiro atoms. The fourth-order valence-corrected chi connectivity index (χ4v) is 3.72. The number of esters is 1. The van der Waals surface area contributed by atoms with Crippen molar-refractivity contribution in [2.24, 2.45) is 0 Å². The number of carbonyl (C=O) groups is 3. The average Bonchev–Trinajstić information content (AvgIpc) is 3.27. The Hall–Kier alpha value is -2.72. The van der Waals surface area contributed by atoms with Gasteiger partial charge >= 0.3 is 5.97 Å². The number of benzene rings is 1. The Morgan fingerprint density at radius 2 is 2.17 bits per heavy atom. The number of piperazine rings is 1. The first-order valence-corrected chi connectivity index (χ1v) is 10.2. The lowest BCUT2D eigenvalue weighted by Crippen LogP contribution is -2.60. The number of ether oxygens (including phenoxy) is 3. The zero-order valence-corrected chi connectivity index (χ0v) is 17.5. The van der Waals surface area contributed by atoms with Gasteiger partial charge in [-0.05, 0) is 37.2 Å². The monoisotopic (exact) mass is 435 g/mol. The van der Waals surface area contributed by atoms with Crippen molar-refractivity contribution < 1.29 is 28.6 Å². The molecule has 2 amide bonds. The molecule has 0 unspecified atom stereocenters. The van der Waals surface area contributed by atoms with E-state index >= 15 is 0 Å². The van der Waals surface area contributed by atoms with Crippen LogP contribution in [0.4, 0.5) is 0 Å². The summed E-state index contributed by atoms with van der Waals surface area (Å²) in [6, 6.07) is 5.88. The van der Waals surface area contributed by atoms with E-state index in [0.29, 0.717) is 31.0 Å². The molecule has 0 aliphatic carbocycles. The van der Waals surface area contributed by atoms with Crippen LogP contribution in [-0.4, -0.2) is 73.4 Å². The summed E-state index contributed by atoms with van der Waals surface area (Å²) in [7, 11) is 1.47. The molecule has 0 aromatic heterocycles. The summed E-state index contributed by atoms with van der Waals surface area (Å²) in [5.74, 6) is -0.910. The van der Waals surface area contributed by atoms with Crippen molar-refractivity contribution in [3.8, 4) is 5.75 Å². The highest BCUT2D eigenvalue weighted by Crippen LogP contribution is 2.18. The number of nitrogens with zero attached hydrogens (tertiary/aromatic N) is 1. The predicted octanol–water partition coefficient (Wildman–Crippen LogP) is 0.623. The van der Waals surface area contributed by atoms with Gasteiger partial charge in [-0.15, -0.1) is 0 Å². The van der Waals surface area contributed by atoms with Crippen LogP contribution in [-0.2, 0) is 19.1 Å². The molecule has 9 nitrogen and oxygen atoms in total. The van der Waals surface area contributed by atoms with E-state index in [4.69, 9.17) is 26.4 Å². The summed E-state index contributed by atoms with van der Waals surface area (Å²) in [6.45, 7) is 1.55. The van der Waals surface area contributed by atoms with Crippen LogP contribution in [0.2, 0.25) is 0 Å². The van der Waals surface area contributed by atoms with E-state index in [1.54, 1.807) is 24.3 Å². The predicted molar refractivity (Wildman–Crippen MR) is 111 cm³/mol. The lowest BCUT2D eigenvalue weighted by molar-refractivity contribution is -0.150. The maximum absolute atomic E-state index is 12.6. The SMILES string of the molecule is COc1ccccc1C(=O)NC(=S)N1CCNC(=O)[C@H]1CC(=O)OC[C@H]1CCCO1. The highest BCUT2D eigenvalue weighted by molar-refractivity contribution is 7.80. The molecular formula is C20H25N3O6S. The number of thiocarbonyl (C=S) groups is 1. The molecule has 0 saturated carbocycles. The van der Waals surface area contributed by atoms with E-state index in [9.17, 15) is 14.4 Å². The molecule has 1 aromatic rings. The fraction of sp³-hybridized carbons (Fsp3) is 0.500. The van der Waals surface area contributed by atoms with Crippen LogP contribution in [0.15, 0.2) is 24.3 Å². The maximum Gasteiger partial charge on any atom is 0.308 e. The summed E-state index contributed by atoms with van der Waals surface area (Å²) in [4.78, 5) is 38.8. The average molecular weight is 436 g/mol. The number of methoxy groups -OCH3 is 1. The van der Waals surface area contributed by atoms with E-state index in [2.05, 4.69) is 10.6 Å². The molecule has 0 bridgehead atoms. The molecule has 2 atom stereocenters. The molecule has 30 heavy (non-hydrogen) atoms. The summed E-state index contributed by atoms with van der Waals surface area (Å²) in [6.07, 6.45) is 1.53. The van der Waals surface area contributed by atoms with Crippen LogP contribution in [0.5, 0.6) is 5.75 Å². The molecule has 162 valence electrons. The van der Waals surface area contributed by atoms with E-state index in [0.717, 1.165) is 12.8 Å². The zero-order valence-electron chi connectivity index (χ0n) is 16.7. The summed E-state index contributed by atoms with van der Waals surface area (Å²) in [5, 5.41) is 5.41. The van der Waals surface area contributed by atoms with Gasteiger partial charge in [-0.2, -0.15) is 0 Å². The number of hydrogen-bond acceptors (Lipinski definition) is 7. The Balaban J connectivity index is 1.61. The van der Waals surface area contributed by atoms with Crippen LogP contribution in [0.1, 0.15) is 29.6 Å². The molecule has 2 aliphatic heterocycles. The maximum atomic E-state index is 12.6. The molecule has 1 aromatic carbocycles. The Morgan fingerprint density at radius 1 is 1.37 bits per heavy atom. The molecule has 2 saturated heterocycles. The molecule has 2 fully saturated rings. The van der Waals surface area contributed by atoms with Gasteiger partial charge in [-0.1, -0.05) is 12.1 Å². The highest BCUT2D eigenvalue weighted by atomic mass is 32.1. The van der Waals surface area contributed by atoms with Gasteiger partial charge in [-0.25, -0.2) is 0 Å². The second-order valence-corrected chi connectivity index (χ2v) is 7.37. The molecule has 2 N–H and O–H groups in total. The third-order valence-corrected chi connectivity index (χ3v) is 5.31. The second kappa shape index (κ2) is 10.4. The fourth-order valence-electron chi connectivity index (χ4n) is 3.41. The number of amides is 2. The van der Waals surface area contributed by atoms with Crippen LogP contribution in [0.3, 0.4) is 0 Å². The second-order valence-electron chi connectivity index (χ2n) is 6.98. The normalized spacial score (nSPS) is 21.0. The smallest absolute Gasteiger partial charge is 0.308 e. The van der Waals surface area contributed by atoms with Crippen molar-refractivity contribution in [1.82, 2.24) is 15.5 Å². The minimum absolute atomic E-state index is 0.0673. The van der Waals surface area contributed by atoms with Crippen LogP contribution in [0.25, 0.3) is 0 Å². The van der Waals surface area contributed by atoms with Gasteiger partial charge in [0.25, 0.3) is 5.91 Å². The number of nitrogens with one attached hydrogen (secondary N) is 2. The molecule has 10 heteroatoms. The van der Waals surface area contributed by atoms with Gasteiger partial charge in [0.05, 0.1) is 25.2 Å². The minimum Gasteiger partial charge on any atom is -0.496 e. The van der Waals surface area contributed by atoms with Crippen molar-refractivity contribution in [2.75, 3.05) is 33.4 Å². The summed E-state index contributed by atoms with van der Waals surface area (Å²) < 4.78 is 15.9. The Labute approximate surface area is 180 Å². The number of rotatable bonds is 6. The number of para-hydroxylation sites is 1. The lowest BCUT2D eigenvalue weighted by atomic mass is 10.1. The van der Waals surface area contributed by atoms with Gasteiger partial charge in [-0.3, -0.25) is 19.7 Å². The molecule has 3 rings (SSSR count). The Kier molecular flexibility index (Phi) is 7.58. The van der Waals surface area contributed by atoms with Crippen LogP contribution in [0, 0.1) is 0 Å². The Morgan fingerprint density at radius 3 is 2.90 bits per heavy atom. The van der Waals surface area contributed by atoms with Gasteiger partial charge < -0.3 is 24.4 Å². The first kappa shape index (κ1) is 22.0. The van der Waals surface area contributed by atoms with E-state index in [1.807, 2.05) is 0 Å². The third kappa shape index (κ3) is 5.45. The summed E-state index contributed by atoms with van der Waals surface area (Å²) in [5.41, 5.74) is 0.316. The number of hydrogen-bond donors (Lipinski definition) is 2. The first-order valence-electron chi connectivity index (χ1n) is 9.79. The third-order valence-electron chi connectivity index (χ3n) is 4.98.